The van der Waals surface area contributed by atoms with Gasteiger partial charge in [-0.2, -0.15) is 0 Å². The Morgan fingerprint density at radius 3 is 2.46 bits per heavy atom. The Morgan fingerprint density at radius 2 is 1.77 bits per heavy atom. The molecular formula is C21H19NO3S. The number of thiazole rings is 1. The molecule has 0 aliphatic heterocycles. The second-order valence-electron chi connectivity index (χ2n) is 5.85. The highest BCUT2D eigenvalue weighted by Gasteiger charge is 2.15. The molecule has 26 heavy (non-hydrogen) atoms. The summed E-state index contributed by atoms with van der Waals surface area (Å²) in [6.07, 6.45) is 2.04. The van der Waals surface area contributed by atoms with Crippen molar-refractivity contribution in [2.75, 3.05) is 6.61 Å². The molecule has 0 N–H and O–H groups in total. The van der Waals surface area contributed by atoms with Gasteiger partial charge in [0.15, 0.2) is 18.1 Å². The zero-order valence-electron chi connectivity index (χ0n) is 14.5. The molecule has 4 nitrogen and oxygen atoms in total. The molecule has 0 bridgehead atoms. The molecule has 5 heteroatoms. The van der Waals surface area contributed by atoms with Gasteiger partial charge in [-0.25, -0.2) is 9.78 Å². The molecule has 0 radical (unpaired) electrons. The smallest absolute Gasteiger partial charge is 0.358 e. The first-order valence-corrected chi connectivity index (χ1v) is 9.35. The van der Waals surface area contributed by atoms with Gasteiger partial charge in [-0.15, -0.1) is 11.3 Å². The van der Waals surface area contributed by atoms with E-state index < -0.39 is 5.97 Å². The predicted molar refractivity (Wildman–Crippen MR) is 103 cm³/mol. The van der Waals surface area contributed by atoms with E-state index in [4.69, 9.17) is 4.74 Å². The highest BCUT2D eigenvalue weighted by atomic mass is 32.1. The van der Waals surface area contributed by atoms with Crippen LogP contribution in [0.15, 0.2) is 60.0 Å². The average Bonchev–Trinajstić information content (AvgIpc) is 3.18. The quantitative estimate of drug-likeness (QED) is 0.446. The van der Waals surface area contributed by atoms with Crippen LogP contribution in [0, 0.1) is 0 Å². The number of ether oxygens (including phenoxy) is 1. The van der Waals surface area contributed by atoms with E-state index >= 15 is 0 Å². The Morgan fingerprint density at radius 1 is 1.04 bits per heavy atom. The lowest BCUT2D eigenvalue weighted by Gasteiger charge is -2.04. The number of ketones is 1. The number of benzene rings is 2. The maximum atomic E-state index is 12.2. The highest BCUT2D eigenvalue weighted by Crippen LogP contribution is 2.23. The molecule has 0 saturated carbocycles. The van der Waals surface area contributed by atoms with Crippen molar-refractivity contribution < 1.29 is 14.3 Å². The number of carbonyl (C=O) groups is 2. The number of hydrogen-bond donors (Lipinski definition) is 0. The van der Waals surface area contributed by atoms with Crippen LogP contribution in [-0.2, 0) is 11.2 Å². The number of nitrogens with zero attached hydrogens (tertiary/aromatic N) is 1. The summed E-state index contributed by atoms with van der Waals surface area (Å²) in [4.78, 5) is 28.6. The largest absolute Gasteiger partial charge is 0.453 e. The number of rotatable bonds is 7. The number of hydrogen-bond acceptors (Lipinski definition) is 5. The van der Waals surface area contributed by atoms with Gasteiger partial charge in [-0.05, 0) is 12.0 Å². The molecular weight excluding hydrogens is 346 g/mol. The van der Waals surface area contributed by atoms with Gasteiger partial charge in [-0.1, -0.05) is 67.9 Å². The first-order valence-electron chi connectivity index (χ1n) is 8.47. The molecule has 0 spiro atoms. The molecule has 0 atom stereocenters. The molecule has 1 heterocycles. The summed E-state index contributed by atoms with van der Waals surface area (Å²) >= 11 is 1.37. The monoisotopic (exact) mass is 365 g/mol. The van der Waals surface area contributed by atoms with Crippen LogP contribution < -0.4 is 0 Å². The van der Waals surface area contributed by atoms with Crippen LogP contribution in [0.3, 0.4) is 0 Å². The van der Waals surface area contributed by atoms with Crippen molar-refractivity contribution in [1.29, 1.82) is 0 Å². The van der Waals surface area contributed by atoms with Gasteiger partial charge >= 0.3 is 5.97 Å². The third-order valence-corrected chi connectivity index (χ3v) is 4.77. The van der Waals surface area contributed by atoms with Gasteiger partial charge in [0, 0.05) is 16.5 Å². The van der Waals surface area contributed by atoms with E-state index in [9.17, 15) is 9.59 Å². The van der Waals surface area contributed by atoms with E-state index in [1.54, 1.807) is 17.5 Å². The minimum Gasteiger partial charge on any atom is -0.453 e. The first-order chi connectivity index (χ1) is 12.7. The molecule has 2 aromatic carbocycles. The summed E-state index contributed by atoms with van der Waals surface area (Å²) in [6, 6.07) is 17.0. The summed E-state index contributed by atoms with van der Waals surface area (Å²) in [5.74, 6) is -0.806. The van der Waals surface area contributed by atoms with Crippen molar-refractivity contribution in [1.82, 2.24) is 4.98 Å². The van der Waals surface area contributed by atoms with Gasteiger partial charge in [0.25, 0.3) is 0 Å². The van der Waals surface area contributed by atoms with E-state index in [1.807, 2.05) is 42.5 Å². The lowest BCUT2D eigenvalue weighted by molar-refractivity contribution is 0.0470. The van der Waals surface area contributed by atoms with Crippen molar-refractivity contribution in [3.63, 3.8) is 0 Å². The molecule has 0 amide bonds. The lowest BCUT2D eigenvalue weighted by Crippen LogP contribution is -2.14. The number of aromatic nitrogens is 1. The molecule has 0 aliphatic rings. The maximum Gasteiger partial charge on any atom is 0.358 e. The molecule has 3 aromatic rings. The molecule has 3 rings (SSSR count). The number of aryl methyl sites for hydroxylation is 1. The van der Waals surface area contributed by atoms with Gasteiger partial charge < -0.3 is 4.74 Å². The second-order valence-corrected chi connectivity index (χ2v) is 6.71. The Balaban J connectivity index is 1.58. The van der Waals surface area contributed by atoms with Gasteiger partial charge in [-0.3, -0.25) is 4.79 Å². The predicted octanol–water partition coefficient (Wildman–Crippen LogP) is 4.80. The minimum atomic E-state index is -0.584. The topological polar surface area (TPSA) is 56.3 Å². The third kappa shape index (κ3) is 4.43. The SMILES string of the molecule is CCCc1ccc(C(=O)COC(=O)c2csc(-c3ccccc3)n2)cc1. The van der Waals surface area contributed by atoms with Crippen molar-refractivity contribution in [2.24, 2.45) is 0 Å². The van der Waals surface area contributed by atoms with E-state index in [0.717, 1.165) is 23.4 Å². The van der Waals surface area contributed by atoms with Crippen LogP contribution in [0.1, 0.15) is 39.8 Å². The molecule has 0 aliphatic carbocycles. The van der Waals surface area contributed by atoms with Crippen LogP contribution in [-0.4, -0.2) is 23.3 Å². The Hall–Kier alpha value is -2.79. The van der Waals surface area contributed by atoms with Crippen LogP contribution in [0.25, 0.3) is 10.6 Å². The first kappa shape index (κ1) is 18.0. The van der Waals surface area contributed by atoms with Crippen molar-refractivity contribution in [2.45, 2.75) is 19.8 Å². The fourth-order valence-electron chi connectivity index (χ4n) is 2.52. The Bertz CT molecular complexity index is 885. The van der Waals surface area contributed by atoms with E-state index in [0.29, 0.717) is 5.56 Å². The molecule has 1 aromatic heterocycles. The van der Waals surface area contributed by atoms with Gasteiger partial charge in [0.2, 0.25) is 0 Å². The zero-order chi connectivity index (χ0) is 18.4. The zero-order valence-corrected chi connectivity index (χ0v) is 15.3. The van der Waals surface area contributed by atoms with E-state index in [-0.39, 0.29) is 18.1 Å². The summed E-state index contributed by atoms with van der Waals surface area (Å²) in [5, 5.41) is 2.39. The summed E-state index contributed by atoms with van der Waals surface area (Å²) in [7, 11) is 0. The standard InChI is InChI=1S/C21H19NO3S/c1-2-6-15-9-11-16(12-10-15)19(23)13-25-21(24)18-14-26-20(22-18)17-7-4-3-5-8-17/h3-5,7-12,14H,2,6,13H2,1H3. The molecule has 0 fully saturated rings. The van der Waals surface area contributed by atoms with Crippen molar-refractivity contribution in [3.05, 3.63) is 76.8 Å². The molecule has 132 valence electrons. The van der Waals surface area contributed by atoms with Gasteiger partial charge in [0.1, 0.15) is 5.01 Å². The van der Waals surface area contributed by atoms with Crippen molar-refractivity contribution in [3.8, 4) is 10.6 Å². The third-order valence-electron chi connectivity index (χ3n) is 3.88. The van der Waals surface area contributed by atoms with E-state index in [2.05, 4.69) is 11.9 Å². The Kier molecular flexibility index (Phi) is 5.92. The fraction of sp³-hybridized carbons (Fsp3) is 0.190. The second kappa shape index (κ2) is 8.54. The van der Waals surface area contributed by atoms with Crippen LogP contribution in [0.4, 0.5) is 0 Å². The number of Topliss-reactive ketones (excluding diaryl/α,β-unsaturated/α-hetero) is 1. The minimum absolute atomic E-state index is 0.222. The van der Waals surface area contributed by atoms with Crippen LogP contribution >= 0.6 is 11.3 Å². The number of carbonyl (C=O) groups excluding carboxylic acids is 2. The summed E-state index contributed by atoms with van der Waals surface area (Å²) in [5.41, 5.74) is 2.90. The lowest BCUT2D eigenvalue weighted by atomic mass is 10.1. The summed E-state index contributed by atoms with van der Waals surface area (Å²) < 4.78 is 5.13. The number of esters is 1. The maximum absolute atomic E-state index is 12.2. The highest BCUT2D eigenvalue weighted by molar-refractivity contribution is 7.13. The summed E-state index contributed by atoms with van der Waals surface area (Å²) in [6.45, 7) is 1.82. The van der Waals surface area contributed by atoms with Crippen molar-refractivity contribution >= 4 is 23.1 Å². The molecule has 0 saturated heterocycles. The average molecular weight is 365 g/mol. The van der Waals surface area contributed by atoms with Crippen LogP contribution in [0.2, 0.25) is 0 Å². The fourth-order valence-corrected chi connectivity index (χ4v) is 3.31. The van der Waals surface area contributed by atoms with Gasteiger partial charge in [0.05, 0.1) is 0 Å². The van der Waals surface area contributed by atoms with E-state index in [1.165, 1.54) is 16.9 Å². The normalized spacial score (nSPS) is 10.5. The van der Waals surface area contributed by atoms with Crippen LogP contribution in [0.5, 0.6) is 0 Å². The molecule has 0 unspecified atom stereocenters. The Labute approximate surface area is 156 Å².